The van der Waals surface area contributed by atoms with E-state index in [1.165, 1.54) is 23.9 Å². The minimum atomic E-state index is 0.430. The van der Waals surface area contributed by atoms with E-state index < -0.39 is 0 Å². The number of hydrogen-bond acceptors (Lipinski definition) is 3. The standard InChI is InChI=1S/C15H19N3/c1-11(2)14-12-7-3-4-8-13(12)16-15(17-14)18-9-5-6-10-18/h3-4,7-8,11H,5-6,9-10H2,1-2H3. The molecular weight excluding hydrogens is 222 g/mol. The second-order valence-electron chi connectivity index (χ2n) is 5.27. The lowest BCUT2D eigenvalue weighted by molar-refractivity contribution is 0.810. The summed E-state index contributed by atoms with van der Waals surface area (Å²) in [6, 6.07) is 8.32. The number of aromatic nitrogens is 2. The van der Waals surface area contributed by atoms with Crippen LogP contribution in [0.5, 0.6) is 0 Å². The Morgan fingerprint density at radius 2 is 1.78 bits per heavy atom. The molecule has 0 atom stereocenters. The Morgan fingerprint density at radius 1 is 1.06 bits per heavy atom. The van der Waals surface area contributed by atoms with Crippen molar-refractivity contribution in [1.29, 1.82) is 0 Å². The summed E-state index contributed by atoms with van der Waals surface area (Å²) in [5, 5.41) is 1.19. The van der Waals surface area contributed by atoms with Gasteiger partial charge in [0.2, 0.25) is 5.95 Å². The molecular formula is C15H19N3. The third-order valence-corrected chi connectivity index (χ3v) is 3.56. The maximum atomic E-state index is 4.80. The Hall–Kier alpha value is -1.64. The van der Waals surface area contributed by atoms with Gasteiger partial charge in [0.1, 0.15) is 0 Å². The molecule has 0 amide bonds. The van der Waals surface area contributed by atoms with Crippen LogP contribution >= 0.6 is 0 Å². The molecule has 3 heteroatoms. The van der Waals surface area contributed by atoms with Crippen LogP contribution in [0.1, 0.15) is 38.3 Å². The lowest BCUT2D eigenvalue weighted by Crippen LogP contribution is -2.21. The molecule has 1 aromatic heterocycles. The largest absolute Gasteiger partial charge is 0.341 e. The Kier molecular flexibility index (Phi) is 2.90. The number of rotatable bonds is 2. The SMILES string of the molecule is CC(C)c1nc(N2CCCC2)nc2ccccc12. The van der Waals surface area contributed by atoms with Gasteiger partial charge in [0.15, 0.2) is 0 Å². The quantitative estimate of drug-likeness (QED) is 0.807. The first kappa shape index (κ1) is 11.5. The van der Waals surface area contributed by atoms with Gasteiger partial charge in [-0.05, 0) is 24.8 Å². The third kappa shape index (κ3) is 1.94. The van der Waals surface area contributed by atoms with Crippen LogP contribution in [0, 0.1) is 0 Å². The van der Waals surface area contributed by atoms with E-state index in [0.29, 0.717) is 5.92 Å². The summed E-state index contributed by atoms with van der Waals surface area (Å²) in [6.45, 7) is 6.58. The van der Waals surface area contributed by atoms with E-state index in [4.69, 9.17) is 9.97 Å². The molecule has 0 aliphatic carbocycles. The second-order valence-corrected chi connectivity index (χ2v) is 5.27. The number of benzene rings is 1. The highest BCUT2D eigenvalue weighted by Gasteiger charge is 2.18. The van der Waals surface area contributed by atoms with Crippen LogP contribution in [0.25, 0.3) is 10.9 Å². The lowest BCUT2D eigenvalue weighted by Gasteiger charge is -2.18. The maximum absolute atomic E-state index is 4.80. The van der Waals surface area contributed by atoms with Gasteiger partial charge in [-0.25, -0.2) is 9.97 Å². The number of para-hydroxylation sites is 1. The third-order valence-electron chi connectivity index (χ3n) is 3.56. The van der Waals surface area contributed by atoms with Gasteiger partial charge in [0.25, 0.3) is 0 Å². The summed E-state index contributed by atoms with van der Waals surface area (Å²) in [5.74, 6) is 1.34. The van der Waals surface area contributed by atoms with Crippen molar-refractivity contribution in [3.05, 3.63) is 30.0 Å². The van der Waals surface area contributed by atoms with Crippen molar-refractivity contribution in [1.82, 2.24) is 9.97 Å². The Morgan fingerprint density at radius 3 is 2.50 bits per heavy atom. The smallest absolute Gasteiger partial charge is 0.226 e. The summed E-state index contributed by atoms with van der Waals surface area (Å²) in [6.07, 6.45) is 2.51. The van der Waals surface area contributed by atoms with Gasteiger partial charge < -0.3 is 4.90 Å². The highest BCUT2D eigenvalue weighted by Crippen LogP contribution is 2.26. The normalized spacial score (nSPS) is 15.8. The van der Waals surface area contributed by atoms with Crippen LogP contribution in [-0.4, -0.2) is 23.1 Å². The zero-order valence-corrected chi connectivity index (χ0v) is 11.1. The Balaban J connectivity index is 2.16. The number of hydrogen-bond donors (Lipinski definition) is 0. The summed E-state index contributed by atoms with van der Waals surface area (Å²) >= 11 is 0. The van der Waals surface area contributed by atoms with E-state index in [0.717, 1.165) is 24.6 Å². The molecule has 0 N–H and O–H groups in total. The van der Waals surface area contributed by atoms with Crippen LogP contribution in [0.15, 0.2) is 24.3 Å². The van der Waals surface area contributed by atoms with E-state index >= 15 is 0 Å². The van der Waals surface area contributed by atoms with Crippen LogP contribution in [0.4, 0.5) is 5.95 Å². The number of fused-ring (bicyclic) bond motifs is 1. The first-order chi connectivity index (χ1) is 8.75. The van der Waals surface area contributed by atoms with Gasteiger partial charge in [-0.2, -0.15) is 0 Å². The molecule has 0 radical (unpaired) electrons. The van der Waals surface area contributed by atoms with Crippen LogP contribution in [0.2, 0.25) is 0 Å². The Bertz CT molecular complexity index is 557. The van der Waals surface area contributed by atoms with Gasteiger partial charge in [-0.1, -0.05) is 32.0 Å². The zero-order valence-electron chi connectivity index (χ0n) is 11.1. The van der Waals surface area contributed by atoms with Crippen molar-refractivity contribution >= 4 is 16.9 Å². The molecule has 18 heavy (non-hydrogen) atoms. The molecule has 1 fully saturated rings. The van der Waals surface area contributed by atoms with Gasteiger partial charge in [0.05, 0.1) is 11.2 Å². The summed E-state index contributed by atoms with van der Waals surface area (Å²) < 4.78 is 0. The van der Waals surface area contributed by atoms with E-state index in [2.05, 4.69) is 36.9 Å². The molecule has 0 spiro atoms. The fourth-order valence-electron chi connectivity index (χ4n) is 2.59. The van der Waals surface area contributed by atoms with Gasteiger partial charge >= 0.3 is 0 Å². The maximum Gasteiger partial charge on any atom is 0.226 e. The van der Waals surface area contributed by atoms with Crippen molar-refractivity contribution < 1.29 is 0 Å². The highest BCUT2D eigenvalue weighted by molar-refractivity contribution is 5.82. The summed E-state index contributed by atoms with van der Waals surface area (Å²) in [7, 11) is 0. The minimum Gasteiger partial charge on any atom is -0.341 e. The number of nitrogens with zero attached hydrogens (tertiary/aromatic N) is 3. The molecule has 94 valence electrons. The summed E-state index contributed by atoms with van der Waals surface area (Å²) in [5.41, 5.74) is 2.24. The van der Waals surface area contributed by atoms with E-state index in [1.807, 2.05) is 6.07 Å². The molecule has 1 aliphatic heterocycles. The molecule has 3 rings (SSSR count). The van der Waals surface area contributed by atoms with E-state index in [-0.39, 0.29) is 0 Å². The van der Waals surface area contributed by atoms with Gasteiger partial charge in [-0.15, -0.1) is 0 Å². The zero-order chi connectivity index (χ0) is 12.5. The molecule has 0 saturated carbocycles. The predicted octanol–water partition coefficient (Wildman–Crippen LogP) is 3.35. The van der Waals surface area contributed by atoms with Gasteiger partial charge in [0, 0.05) is 18.5 Å². The van der Waals surface area contributed by atoms with Crippen molar-refractivity contribution in [2.24, 2.45) is 0 Å². The molecule has 1 saturated heterocycles. The molecule has 1 aliphatic rings. The first-order valence-corrected chi connectivity index (χ1v) is 6.77. The molecule has 2 aromatic rings. The van der Waals surface area contributed by atoms with Crippen molar-refractivity contribution in [3.63, 3.8) is 0 Å². The van der Waals surface area contributed by atoms with Crippen LogP contribution in [0.3, 0.4) is 0 Å². The van der Waals surface area contributed by atoms with Crippen molar-refractivity contribution in [3.8, 4) is 0 Å². The summed E-state index contributed by atoms with van der Waals surface area (Å²) in [4.78, 5) is 11.8. The Labute approximate surface area is 108 Å². The fourth-order valence-corrected chi connectivity index (χ4v) is 2.59. The second kappa shape index (κ2) is 4.56. The molecule has 0 bridgehead atoms. The van der Waals surface area contributed by atoms with E-state index in [1.54, 1.807) is 0 Å². The topological polar surface area (TPSA) is 29.0 Å². The lowest BCUT2D eigenvalue weighted by atomic mass is 10.0. The monoisotopic (exact) mass is 241 g/mol. The van der Waals surface area contributed by atoms with Crippen LogP contribution in [-0.2, 0) is 0 Å². The van der Waals surface area contributed by atoms with Gasteiger partial charge in [-0.3, -0.25) is 0 Å². The van der Waals surface area contributed by atoms with Crippen LogP contribution < -0.4 is 4.90 Å². The minimum absolute atomic E-state index is 0.430. The molecule has 3 nitrogen and oxygen atoms in total. The fraction of sp³-hybridized carbons (Fsp3) is 0.467. The molecule has 2 heterocycles. The molecule has 0 unspecified atom stereocenters. The van der Waals surface area contributed by atoms with E-state index in [9.17, 15) is 0 Å². The number of anilines is 1. The average Bonchev–Trinajstić information content (AvgIpc) is 2.91. The van der Waals surface area contributed by atoms with Crippen molar-refractivity contribution in [2.45, 2.75) is 32.6 Å². The average molecular weight is 241 g/mol. The first-order valence-electron chi connectivity index (χ1n) is 6.77. The van der Waals surface area contributed by atoms with Crippen molar-refractivity contribution in [2.75, 3.05) is 18.0 Å². The predicted molar refractivity (Wildman–Crippen MR) is 75.1 cm³/mol. The molecule has 1 aromatic carbocycles. The highest BCUT2D eigenvalue weighted by atomic mass is 15.3.